The van der Waals surface area contributed by atoms with Crippen LogP contribution in [0, 0.1) is 0 Å². The zero-order valence-corrected chi connectivity index (χ0v) is 20.5. The van der Waals surface area contributed by atoms with Crippen LogP contribution in [-0.2, 0) is 25.5 Å². The van der Waals surface area contributed by atoms with Gasteiger partial charge in [-0.05, 0) is 30.9 Å². The van der Waals surface area contributed by atoms with Crippen molar-refractivity contribution in [3.05, 3.63) is 47.5 Å². The summed E-state index contributed by atoms with van der Waals surface area (Å²) in [7, 11) is 6.65. The van der Waals surface area contributed by atoms with Crippen molar-refractivity contribution in [2.75, 3.05) is 33.9 Å². The minimum absolute atomic E-state index is 0. The Balaban J connectivity index is 0.00000450. The van der Waals surface area contributed by atoms with E-state index in [4.69, 9.17) is 24.0 Å². The average Bonchev–Trinajstić information content (AvgIpc) is 3.10. The Morgan fingerprint density at radius 3 is 2.07 bits per heavy atom. The third-order valence-corrected chi connectivity index (χ3v) is 5.08. The summed E-state index contributed by atoms with van der Waals surface area (Å²) in [6.45, 7) is 6.68. The summed E-state index contributed by atoms with van der Waals surface area (Å²) in [5, 5.41) is 4.87. The second kappa shape index (κ2) is 13.0. The first-order chi connectivity index (χ1) is 14.0. The highest BCUT2D eigenvalue weighted by molar-refractivity contribution is 5.13. The number of rotatable bonds is 12. The van der Waals surface area contributed by atoms with Gasteiger partial charge in [0.25, 0.3) is 5.82 Å². The summed E-state index contributed by atoms with van der Waals surface area (Å²) < 4.78 is 26.2. The highest BCUT2D eigenvalue weighted by Gasteiger charge is 2.36. The second-order valence-corrected chi connectivity index (χ2v) is 6.93. The fraction of sp³-hybridized carbons (Fsp3) is 0.619. The third-order valence-electron chi connectivity index (χ3n) is 5.08. The number of methoxy groups -OCH3 is 4. The monoisotopic (exact) mass is 486 g/mol. The van der Waals surface area contributed by atoms with Gasteiger partial charge in [0, 0.05) is 28.4 Å². The molecule has 0 saturated heterocycles. The lowest BCUT2D eigenvalue weighted by Crippen LogP contribution is -3.00. The first-order valence-corrected chi connectivity index (χ1v) is 9.94. The molecule has 0 bridgehead atoms. The molecule has 0 aliphatic rings. The molecule has 30 heavy (non-hydrogen) atoms. The smallest absolute Gasteiger partial charge is 0.331 e. The summed E-state index contributed by atoms with van der Waals surface area (Å²) in [4.78, 5) is 0. The van der Waals surface area contributed by atoms with Gasteiger partial charge in [-0.15, -0.1) is 9.36 Å². The molecule has 1 unspecified atom stereocenters. The maximum Gasteiger partial charge on any atom is 0.331 e. The zero-order valence-electron chi connectivity index (χ0n) is 19.0. The summed E-state index contributed by atoms with van der Waals surface area (Å²) in [5.74, 6) is 1.64. The molecule has 0 aliphatic carbocycles. The van der Waals surface area contributed by atoms with Crippen LogP contribution in [-0.4, -0.2) is 50.5 Å². The summed E-state index contributed by atoms with van der Waals surface area (Å²) in [6.07, 6.45) is -0.0209. The first-order valence-electron chi connectivity index (χ1n) is 9.94. The Morgan fingerprint density at radius 2 is 1.57 bits per heavy atom. The van der Waals surface area contributed by atoms with Crippen LogP contribution in [0.25, 0.3) is 0 Å². The van der Waals surface area contributed by atoms with Crippen molar-refractivity contribution >= 4 is 0 Å². The number of aromatic nitrogens is 3. The molecule has 1 aromatic heterocycles. The van der Waals surface area contributed by atoms with Crippen LogP contribution in [0.3, 0.4) is 0 Å². The van der Waals surface area contributed by atoms with Crippen molar-refractivity contribution in [2.45, 2.75) is 58.3 Å². The van der Waals surface area contributed by atoms with Crippen LogP contribution in [0.1, 0.15) is 56.6 Å². The minimum Gasteiger partial charge on any atom is -1.00 e. The van der Waals surface area contributed by atoms with Gasteiger partial charge in [-0.3, -0.25) is 0 Å². The van der Waals surface area contributed by atoms with Gasteiger partial charge >= 0.3 is 5.82 Å². The van der Waals surface area contributed by atoms with Crippen LogP contribution >= 0.6 is 0 Å². The predicted molar refractivity (Wildman–Crippen MR) is 110 cm³/mol. The fourth-order valence-electron chi connectivity index (χ4n) is 3.26. The zero-order chi connectivity index (χ0) is 21.4. The number of nitrogens with zero attached hydrogens (tertiary/aromatic N) is 3. The number of hydrogen-bond acceptors (Lipinski definition) is 6. The molecule has 1 N–H and O–H groups in total. The van der Waals surface area contributed by atoms with Crippen molar-refractivity contribution in [1.29, 1.82) is 0 Å². The Kier molecular flexibility index (Phi) is 11.5. The Bertz CT molecular complexity index is 740. The molecule has 0 spiro atoms. The van der Waals surface area contributed by atoms with Crippen LogP contribution in [0.5, 0.6) is 0 Å². The van der Waals surface area contributed by atoms with Crippen molar-refractivity contribution in [3.8, 4) is 0 Å². The second-order valence-electron chi connectivity index (χ2n) is 6.93. The minimum atomic E-state index is -0.402. The molecule has 0 amide bonds. The van der Waals surface area contributed by atoms with E-state index in [-0.39, 0.29) is 35.2 Å². The van der Waals surface area contributed by atoms with E-state index in [9.17, 15) is 0 Å². The molecule has 0 fully saturated rings. The maximum atomic E-state index is 5.69. The first kappa shape index (κ1) is 26.5. The normalized spacial score (nSPS) is 14.3. The van der Waals surface area contributed by atoms with Gasteiger partial charge in [-0.25, -0.2) is 5.43 Å². The van der Waals surface area contributed by atoms with E-state index in [1.54, 1.807) is 28.4 Å². The Labute approximate surface area is 190 Å². The van der Waals surface area contributed by atoms with Crippen molar-refractivity contribution in [3.63, 3.8) is 0 Å². The molecule has 1 heterocycles. The number of hydrogen-bond donors (Lipinski definition) is 1. The van der Waals surface area contributed by atoms with E-state index in [2.05, 4.69) is 24.5 Å². The average molecular weight is 487 g/mol. The highest BCUT2D eigenvalue weighted by Crippen LogP contribution is 2.20. The van der Waals surface area contributed by atoms with Crippen LogP contribution < -0.4 is 27.1 Å². The van der Waals surface area contributed by atoms with Gasteiger partial charge < -0.3 is 35.9 Å². The van der Waals surface area contributed by atoms with Crippen molar-refractivity contribution < 1.29 is 40.6 Å². The molecule has 0 aliphatic heterocycles. The molecular formula is C21H35BrN4O4. The quantitative estimate of drug-likeness (QED) is 0.324. The summed E-state index contributed by atoms with van der Waals surface area (Å²) in [5.41, 5.74) is 4.68. The molecule has 0 saturated carbocycles. The van der Waals surface area contributed by atoms with Gasteiger partial charge in [0.2, 0.25) is 0 Å². The molecular weight excluding hydrogens is 452 g/mol. The molecule has 170 valence electrons. The molecule has 8 nitrogen and oxygen atoms in total. The summed E-state index contributed by atoms with van der Waals surface area (Å²) >= 11 is 0. The SMILES string of the molecule is CCC(Nn1c([C@H](C)OC)n[n+](Cc2ccccc2)c1[C@H](C)OC)C(OC)OC.[Br-]. The van der Waals surface area contributed by atoms with E-state index in [0.717, 1.165) is 23.6 Å². The molecule has 1 aromatic carbocycles. The number of ether oxygens (including phenoxy) is 4. The largest absolute Gasteiger partial charge is 1.00 e. The van der Waals surface area contributed by atoms with Gasteiger partial charge in [-0.1, -0.05) is 37.3 Å². The maximum absolute atomic E-state index is 5.69. The van der Waals surface area contributed by atoms with Crippen LogP contribution in [0.4, 0.5) is 0 Å². The fourth-order valence-corrected chi connectivity index (χ4v) is 3.26. The Hall–Kier alpha value is -1.52. The lowest BCUT2D eigenvalue weighted by Gasteiger charge is -2.24. The van der Waals surface area contributed by atoms with E-state index >= 15 is 0 Å². The summed E-state index contributed by atoms with van der Waals surface area (Å²) in [6, 6.07) is 10.1. The Morgan fingerprint density at radius 1 is 0.967 bits per heavy atom. The number of nitrogens with one attached hydrogen (secondary N) is 1. The van der Waals surface area contributed by atoms with Crippen molar-refractivity contribution in [2.24, 2.45) is 0 Å². The lowest BCUT2D eigenvalue weighted by atomic mass is 10.2. The van der Waals surface area contributed by atoms with Gasteiger partial charge in [0.05, 0.1) is 0 Å². The topological polar surface area (TPSA) is 70.7 Å². The molecule has 9 heteroatoms. The van der Waals surface area contributed by atoms with Crippen molar-refractivity contribution in [1.82, 2.24) is 9.77 Å². The van der Waals surface area contributed by atoms with Gasteiger partial charge in [-0.2, -0.15) is 0 Å². The molecule has 0 radical (unpaired) electrons. The van der Waals surface area contributed by atoms with E-state index in [1.807, 2.05) is 41.4 Å². The molecule has 2 aromatic rings. The van der Waals surface area contributed by atoms with Gasteiger partial charge in [0.1, 0.15) is 18.7 Å². The van der Waals surface area contributed by atoms with E-state index in [0.29, 0.717) is 6.54 Å². The third kappa shape index (κ3) is 6.24. The van der Waals surface area contributed by atoms with Crippen LogP contribution in [0.15, 0.2) is 30.3 Å². The van der Waals surface area contributed by atoms with Crippen LogP contribution in [0.2, 0.25) is 0 Å². The lowest BCUT2D eigenvalue weighted by molar-refractivity contribution is -0.754. The molecule has 2 rings (SSSR count). The van der Waals surface area contributed by atoms with E-state index in [1.165, 1.54) is 0 Å². The van der Waals surface area contributed by atoms with E-state index < -0.39 is 6.29 Å². The highest BCUT2D eigenvalue weighted by atomic mass is 79.9. The van der Waals surface area contributed by atoms with Gasteiger partial charge in [0.15, 0.2) is 12.4 Å². The molecule has 3 atom stereocenters. The standard InChI is InChI=1S/C21H35N4O4.BrH/c1-8-18(21(28-6)29-7)22-25-19(15(2)26-4)23-24(20(25)16(3)27-5)14-17-12-10-9-11-13-17;/h9-13,15-16,18,21-22H,8,14H2,1-7H3;1H/q+1;/p-1/t15-,16-,18?;/m0./s1. The number of halogens is 1. The number of benzene rings is 1. The predicted octanol–water partition coefficient (Wildman–Crippen LogP) is -0.421.